The van der Waals surface area contributed by atoms with Crippen molar-refractivity contribution in [3.8, 4) is 0 Å². The number of anilines is 1. The Morgan fingerprint density at radius 1 is 1.09 bits per heavy atom. The number of aromatic nitrogens is 2. The van der Waals surface area contributed by atoms with Gasteiger partial charge in [-0.2, -0.15) is 0 Å². The second-order valence-electron chi connectivity index (χ2n) is 8.76. The van der Waals surface area contributed by atoms with Crippen LogP contribution >= 0.6 is 11.8 Å². The average Bonchev–Trinajstić information content (AvgIpc) is 2.92. The molecule has 2 aliphatic rings. The van der Waals surface area contributed by atoms with Crippen LogP contribution < -0.4 is 4.90 Å². The molecule has 0 bridgehead atoms. The molecule has 2 aliphatic heterocycles. The van der Waals surface area contributed by atoms with E-state index in [4.69, 9.17) is 19.4 Å². The van der Waals surface area contributed by atoms with E-state index >= 15 is 0 Å². The number of carbonyl (C=O) groups is 2. The van der Waals surface area contributed by atoms with Crippen molar-refractivity contribution in [2.24, 2.45) is 5.92 Å². The Morgan fingerprint density at radius 2 is 1.86 bits per heavy atom. The predicted molar refractivity (Wildman–Crippen MR) is 136 cm³/mol. The lowest BCUT2D eigenvalue weighted by Gasteiger charge is -2.31. The molecule has 1 aromatic carbocycles. The van der Waals surface area contributed by atoms with E-state index in [0.717, 1.165) is 55.0 Å². The molecule has 35 heavy (non-hydrogen) atoms. The van der Waals surface area contributed by atoms with Crippen molar-refractivity contribution in [2.45, 2.75) is 44.0 Å². The van der Waals surface area contributed by atoms with Crippen molar-refractivity contribution in [1.29, 1.82) is 0 Å². The van der Waals surface area contributed by atoms with Crippen LogP contribution in [0.15, 0.2) is 35.5 Å². The number of carbonyl (C=O) groups excluding carboxylic acids is 2. The fraction of sp³-hybridized carbons (Fsp3) is 0.538. The highest BCUT2D eigenvalue weighted by Gasteiger charge is 2.28. The van der Waals surface area contributed by atoms with Gasteiger partial charge in [-0.05, 0) is 43.9 Å². The minimum Gasteiger partial charge on any atom is -0.466 e. The highest BCUT2D eigenvalue weighted by atomic mass is 32.2. The first-order chi connectivity index (χ1) is 17.1. The fourth-order valence-corrected chi connectivity index (χ4v) is 5.18. The number of nitrogens with zero attached hydrogens (tertiary/aromatic N) is 4. The minimum absolute atomic E-state index is 0.0120. The number of piperidine rings is 1. The molecule has 0 aliphatic carbocycles. The molecule has 1 amide bonds. The SMILES string of the molecule is CCOC(=O)C1CCN(C(=O)c2cccc(CSc3nc(CC)cc(N4CCOCC4)n3)c2)CC1. The number of amides is 1. The summed E-state index contributed by atoms with van der Waals surface area (Å²) in [6, 6.07) is 9.85. The van der Waals surface area contributed by atoms with Crippen LogP contribution in [0.25, 0.3) is 0 Å². The van der Waals surface area contributed by atoms with Crippen LogP contribution in [0.4, 0.5) is 5.82 Å². The Morgan fingerprint density at radius 3 is 2.57 bits per heavy atom. The normalized spacial score (nSPS) is 16.9. The lowest BCUT2D eigenvalue weighted by Crippen LogP contribution is -2.40. The molecule has 4 rings (SSSR count). The van der Waals surface area contributed by atoms with E-state index in [-0.39, 0.29) is 17.8 Å². The van der Waals surface area contributed by atoms with Crippen LogP contribution in [0, 0.1) is 5.92 Å². The summed E-state index contributed by atoms with van der Waals surface area (Å²) < 4.78 is 10.6. The van der Waals surface area contributed by atoms with Gasteiger partial charge in [-0.1, -0.05) is 30.8 Å². The molecule has 0 saturated carbocycles. The first-order valence-corrected chi connectivity index (χ1v) is 13.4. The Hall–Kier alpha value is -2.65. The monoisotopic (exact) mass is 498 g/mol. The second kappa shape index (κ2) is 12.4. The number of esters is 1. The molecule has 0 N–H and O–H groups in total. The molecule has 0 spiro atoms. The predicted octanol–water partition coefficient (Wildman–Crippen LogP) is 3.58. The molecule has 9 heteroatoms. The van der Waals surface area contributed by atoms with Gasteiger partial charge in [0.2, 0.25) is 0 Å². The van der Waals surface area contributed by atoms with Crippen LogP contribution in [0.3, 0.4) is 0 Å². The molecular weight excluding hydrogens is 464 g/mol. The molecule has 0 radical (unpaired) electrons. The minimum atomic E-state index is -0.148. The third-order valence-electron chi connectivity index (χ3n) is 6.39. The standard InChI is InChI=1S/C26H34N4O4S/c1-3-22-17-23(29-12-14-33-15-13-29)28-26(27-22)35-18-19-6-5-7-21(16-19)24(31)30-10-8-20(9-11-30)25(32)34-4-2/h5-7,16-17,20H,3-4,8-15,18H2,1-2H3. The summed E-state index contributed by atoms with van der Waals surface area (Å²) in [6.07, 6.45) is 2.15. The van der Waals surface area contributed by atoms with Crippen molar-refractivity contribution in [3.63, 3.8) is 0 Å². The lowest BCUT2D eigenvalue weighted by atomic mass is 9.96. The maximum atomic E-state index is 13.1. The molecule has 8 nitrogen and oxygen atoms in total. The van der Waals surface area contributed by atoms with Gasteiger partial charge in [0.1, 0.15) is 5.82 Å². The number of morpholine rings is 1. The molecule has 0 unspecified atom stereocenters. The summed E-state index contributed by atoms with van der Waals surface area (Å²) in [7, 11) is 0. The van der Waals surface area contributed by atoms with E-state index in [1.165, 1.54) is 0 Å². The first kappa shape index (κ1) is 25.4. The zero-order chi connectivity index (χ0) is 24.6. The van der Waals surface area contributed by atoms with Crippen LogP contribution in [0.5, 0.6) is 0 Å². The van der Waals surface area contributed by atoms with E-state index in [9.17, 15) is 9.59 Å². The van der Waals surface area contributed by atoms with Gasteiger partial charge in [0.05, 0.1) is 25.7 Å². The third kappa shape index (κ3) is 6.73. The van der Waals surface area contributed by atoms with Crippen LogP contribution in [0.2, 0.25) is 0 Å². The van der Waals surface area contributed by atoms with E-state index in [1.54, 1.807) is 11.8 Å². The topological polar surface area (TPSA) is 84.9 Å². The highest BCUT2D eigenvalue weighted by Crippen LogP contribution is 2.25. The molecule has 2 aromatic rings. The van der Waals surface area contributed by atoms with Crippen molar-refractivity contribution in [2.75, 3.05) is 50.9 Å². The molecule has 3 heterocycles. The van der Waals surface area contributed by atoms with Crippen LogP contribution in [-0.2, 0) is 26.4 Å². The summed E-state index contributed by atoms with van der Waals surface area (Å²) in [6.45, 7) is 8.57. The van der Waals surface area contributed by atoms with Crippen molar-refractivity contribution in [3.05, 3.63) is 47.2 Å². The number of benzene rings is 1. The molecule has 0 atom stereocenters. The Labute approximate surface area is 211 Å². The molecular formula is C26H34N4O4S. The Balaban J connectivity index is 1.37. The number of ether oxygens (including phenoxy) is 2. The molecule has 2 fully saturated rings. The largest absolute Gasteiger partial charge is 0.466 e. The van der Waals surface area contributed by atoms with E-state index in [1.807, 2.05) is 36.1 Å². The molecule has 188 valence electrons. The number of hydrogen-bond donors (Lipinski definition) is 0. The first-order valence-electron chi connectivity index (χ1n) is 12.5. The number of aryl methyl sites for hydroxylation is 1. The summed E-state index contributed by atoms with van der Waals surface area (Å²) >= 11 is 1.59. The van der Waals surface area contributed by atoms with E-state index in [2.05, 4.69) is 17.9 Å². The van der Waals surface area contributed by atoms with Gasteiger partial charge >= 0.3 is 5.97 Å². The van der Waals surface area contributed by atoms with Crippen molar-refractivity contribution >= 4 is 29.5 Å². The van der Waals surface area contributed by atoms with Gasteiger partial charge < -0.3 is 19.3 Å². The maximum absolute atomic E-state index is 13.1. The summed E-state index contributed by atoms with van der Waals surface area (Å²) in [5, 5.41) is 0.753. The van der Waals surface area contributed by atoms with Crippen molar-refractivity contribution in [1.82, 2.24) is 14.9 Å². The van der Waals surface area contributed by atoms with Gasteiger partial charge in [-0.3, -0.25) is 9.59 Å². The number of thioether (sulfide) groups is 1. The number of hydrogen-bond acceptors (Lipinski definition) is 8. The summed E-state index contributed by atoms with van der Waals surface area (Å²) in [4.78, 5) is 38.7. The van der Waals surface area contributed by atoms with Gasteiger partial charge in [0.15, 0.2) is 5.16 Å². The van der Waals surface area contributed by atoms with Crippen LogP contribution in [-0.4, -0.2) is 72.7 Å². The third-order valence-corrected chi connectivity index (χ3v) is 7.30. The van der Waals surface area contributed by atoms with E-state index < -0.39 is 0 Å². The zero-order valence-electron chi connectivity index (χ0n) is 20.6. The Kier molecular flexibility index (Phi) is 8.98. The zero-order valence-corrected chi connectivity index (χ0v) is 21.4. The average molecular weight is 499 g/mol. The lowest BCUT2D eigenvalue weighted by molar-refractivity contribution is -0.149. The quantitative estimate of drug-likeness (QED) is 0.310. The summed E-state index contributed by atoms with van der Waals surface area (Å²) in [5.74, 6) is 1.39. The van der Waals surface area contributed by atoms with Gasteiger partial charge in [0.25, 0.3) is 5.91 Å². The molecule has 1 aromatic heterocycles. The Bertz CT molecular complexity index is 1020. The summed E-state index contributed by atoms with van der Waals surface area (Å²) in [5.41, 5.74) is 2.76. The second-order valence-corrected chi connectivity index (χ2v) is 9.70. The van der Waals surface area contributed by atoms with Gasteiger partial charge in [-0.15, -0.1) is 0 Å². The molecule has 2 saturated heterocycles. The highest BCUT2D eigenvalue weighted by molar-refractivity contribution is 7.98. The smallest absolute Gasteiger partial charge is 0.309 e. The van der Waals surface area contributed by atoms with Crippen molar-refractivity contribution < 1.29 is 19.1 Å². The van der Waals surface area contributed by atoms with Crippen LogP contribution in [0.1, 0.15) is 48.3 Å². The fourth-order valence-electron chi connectivity index (χ4n) is 4.36. The number of rotatable bonds is 8. The van der Waals surface area contributed by atoms with Gasteiger partial charge in [-0.25, -0.2) is 9.97 Å². The maximum Gasteiger partial charge on any atom is 0.309 e. The van der Waals surface area contributed by atoms with E-state index in [0.29, 0.717) is 43.9 Å². The number of likely N-dealkylation sites (tertiary alicyclic amines) is 1. The van der Waals surface area contributed by atoms with Gasteiger partial charge in [0, 0.05) is 49.3 Å².